The zero-order valence-electron chi connectivity index (χ0n) is 7.03. The van der Waals surface area contributed by atoms with Gasteiger partial charge in [0, 0.05) is 12.5 Å². The summed E-state index contributed by atoms with van der Waals surface area (Å²) in [5.41, 5.74) is 0.713. The first kappa shape index (κ1) is 9.74. The van der Waals surface area contributed by atoms with Crippen LogP contribution in [0.25, 0.3) is 0 Å². The van der Waals surface area contributed by atoms with E-state index in [1.54, 1.807) is 12.1 Å². The first-order valence-corrected chi connectivity index (χ1v) is 4.04. The molecule has 0 unspecified atom stereocenters. The van der Waals surface area contributed by atoms with Gasteiger partial charge in [0.05, 0.1) is 0 Å². The quantitative estimate of drug-likeness (QED) is 0.414. The minimum Gasteiger partial charge on any atom is -0.317 e. The Morgan fingerprint density at radius 3 is 2.54 bits per heavy atom. The molecule has 68 valence electrons. The molecule has 0 saturated heterocycles. The van der Waals surface area contributed by atoms with Crippen molar-refractivity contribution in [1.82, 2.24) is 0 Å². The van der Waals surface area contributed by atoms with Crippen molar-refractivity contribution >= 4 is 22.7 Å². The van der Waals surface area contributed by atoms with Gasteiger partial charge in [-0.25, -0.2) is 4.79 Å². The third-order valence-corrected chi connectivity index (χ3v) is 1.55. The molecule has 0 fully saturated rings. The highest BCUT2D eigenvalue weighted by Crippen LogP contribution is 2.04. The number of hydrogen-bond acceptors (Lipinski definition) is 3. The molecule has 0 saturated carbocycles. The van der Waals surface area contributed by atoms with Crippen LogP contribution in [-0.2, 0) is 9.63 Å². The van der Waals surface area contributed by atoms with Crippen molar-refractivity contribution in [2.75, 3.05) is 0 Å². The highest BCUT2D eigenvalue weighted by atomic mass is 35.5. The van der Waals surface area contributed by atoms with E-state index < -0.39 is 5.97 Å². The fourth-order valence-electron chi connectivity index (χ4n) is 0.733. The van der Waals surface area contributed by atoms with Crippen molar-refractivity contribution in [3.8, 4) is 0 Å². The zero-order chi connectivity index (χ0) is 9.68. The van der Waals surface area contributed by atoms with Crippen LogP contribution < -0.4 is 0 Å². The van der Waals surface area contributed by atoms with E-state index in [2.05, 4.69) is 9.99 Å². The molecule has 0 heterocycles. The Morgan fingerprint density at radius 2 is 2.00 bits per heavy atom. The maximum atomic E-state index is 10.4. The van der Waals surface area contributed by atoms with Crippen LogP contribution in [0.3, 0.4) is 0 Å². The number of nitrogens with zero attached hydrogens (tertiary/aromatic N) is 1. The maximum absolute atomic E-state index is 10.4. The number of benzene rings is 1. The average molecular weight is 198 g/mol. The van der Waals surface area contributed by atoms with Gasteiger partial charge in [-0.05, 0) is 0 Å². The van der Waals surface area contributed by atoms with Crippen LogP contribution in [0, 0.1) is 0 Å². The summed E-state index contributed by atoms with van der Waals surface area (Å²) in [4.78, 5) is 14.8. The number of rotatable bonds is 2. The summed E-state index contributed by atoms with van der Waals surface area (Å²) < 4.78 is 0. The number of carbonyl (C=O) groups is 1. The van der Waals surface area contributed by atoms with E-state index in [0.29, 0.717) is 5.56 Å². The van der Waals surface area contributed by atoms with Crippen LogP contribution in [0.5, 0.6) is 0 Å². The third-order valence-electron chi connectivity index (χ3n) is 1.27. The van der Waals surface area contributed by atoms with E-state index in [0.717, 1.165) is 0 Å². The Kier molecular flexibility index (Phi) is 3.46. The Bertz CT molecular complexity index is 322. The Morgan fingerprint density at radius 1 is 1.38 bits per heavy atom. The molecule has 0 aromatic heterocycles. The minimum atomic E-state index is -0.492. The van der Waals surface area contributed by atoms with E-state index in [4.69, 9.17) is 11.6 Å². The van der Waals surface area contributed by atoms with Gasteiger partial charge in [0.15, 0.2) is 5.17 Å². The van der Waals surface area contributed by atoms with E-state index in [1.165, 1.54) is 6.92 Å². The minimum absolute atomic E-state index is 0.163. The molecule has 1 rings (SSSR count). The lowest BCUT2D eigenvalue weighted by Gasteiger charge is -1.95. The predicted molar refractivity (Wildman–Crippen MR) is 50.6 cm³/mol. The molecular formula is C9H8ClNO2. The van der Waals surface area contributed by atoms with E-state index in [1.807, 2.05) is 18.2 Å². The second-order valence-corrected chi connectivity index (χ2v) is 2.69. The Balaban J connectivity index is 2.73. The highest BCUT2D eigenvalue weighted by molar-refractivity contribution is 6.69. The lowest BCUT2D eigenvalue weighted by molar-refractivity contribution is -0.140. The van der Waals surface area contributed by atoms with Crippen LogP contribution in [0.15, 0.2) is 35.5 Å². The molecule has 1 aromatic carbocycles. The molecule has 0 N–H and O–H groups in total. The molecule has 4 heteroatoms. The molecule has 13 heavy (non-hydrogen) atoms. The van der Waals surface area contributed by atoms with Crippen LogP contribution in [0.4, 0.5) is 0 Å². The van der Waals surface area contributed by atoms with Gasteiger partial charge < -0.3 is 4.84 Å². The van der Waals surface area contributed by atoms with Gasteiger partial charge in [-0.2, -0.15) is 0 Å². The monoisotopic (exact) mass is 197 g/mol. The summed E-state index contributed by atoms with van der Waals surface area (Å²) in [5, 5.41) is 3.59. The van der Waals surface area contributed by atoms with Gasteiger partial charge in [0.25, 0.3) is 0 Å². The Hall–Kier alpha value is -1.35. The summed E-state index contributed by atoms with van der Waals surface area (Å²) in [6.45, 7) is 1.26. The zero-order valence-corrected chi connectivity index (χ0v) is 7.78. The molecule has 0 spiro atoms. The molecule has 0 bridgehead atoms. The van der Waals surface area contributed by atoms with Crippen molar-refractivity contribution in [2.45, 2.75) is 6.92 Å². The summed E-state index contributed by atoms with van der Waals surface area (Å²) in [7, 11) is 0. The van der Waals surface area contributed by atoms with Gasteiger partial charge in [-0.15, -0.1) is 0 Å². The fraction of sp³-hybridized carbons (Fsp3) is 0.111. The SMILES string of the molecule is CC(=O)ON=C(Cl)c1ccccc1. The van der Waals surface area contributed by atoms with Crippen LogP contribution in [-0.4, -0.2) is 11.1 Å². The highest BCUT2D eigenvalue weighted by Gasteiger charge is 1.99. The van der Waals surface area contributed by atoms with Crippen LogP contribution in [0.1, 0.15) is 12.5 Å². The standard InChI is InChI=1S/C9H8ClNO2/c1-7(12)13-11-9(10)8-5-3-2-4-6-8/h2-6H,1H3. The van der Waals surface area contributed by atoms with Crippen molar-refractivity contribution in [3.05, 3.63) is 35.9 Å². The first-order valence-electron chi connectivity index (χ1n) is 3.66. The van der Waals surface area contributed by atoms with Crippen molar-refractivity contribution < 1.29 is 9.63 Å². The van der Waals surface area contributed by atoms with Gasteiger partial charge in [0.1, 0.15) is 0 Å². The van der Waals surface area contributed by atoms with E-state index in [9.17, 15) is 4.79 Å². The maximum Gasteiger partial charge on any atom is 0.332 e. The van der Waals surface area contributed by atoms with Crippen molar-refractivity contribution in [2.24, 2.45) is 5.16 Å². The normalized spacial score (nSPS) is 11.1. The average Bonchev–Trinajstić information content (AvgIpc) is 2.15. The Labute approximate surface area is 81.0 Å². The fourth-order valence-corrected chi connectivity index (χ4v) is 0.893. The van der Waals surface area contributed by atoms with Crippen molar-refractivity contribution in [3.63, 3.8) is 0 Å². The summed E-state index contributed by atoms with van der Waals surface area (Å²) in [6, 6.07) is 9.05. The van der Waals surface area contributed by atoms with Gasteiger partial charge in [-0.1, -0.05) is 47.1 Å². The number of oxime groups is 1. The largest absolute Gasteiger partial charge is 0.332 e. The first-order chi connectivity index (χ1) is 6.20. The van der Waals surface area contributed by atoms with E-state index >= 15 is 0 Å². The molecule has 1 aromatic rings. The van der Waals surface area contributed by atoms with Crippen LogP contribution >= 0.6 is 11.6 Å². The molecule has 0 radical (unpaired) electrons. The van der Waals surface area contributed by atoms with Crippen molar-refractivity contribution in [1.29, 1.82) is 0 Å². The molecule has 0 amide bonds. The third kappa shape index (κ3) is 3.25. The molecule has 0 aliphatic rings. The van der Waals surface area contributed by atoms with Gasteiger partial charge in [0.2, 0.25) is 0 Å². The number of hydrogen-bond donors (Lipinski definition) is 0. The molecule has 0 aliphatic heterocycles. The second kappa shape index (κ2) is 4.62. The molecule has 3 nitrogen and oxygen atoms in total. The van der Waals surface area contributed by atoms with Gasteiger partial charge >= 0.3 is 5.97 Å². The number of halogens is 1. The predicted octanol–water partition coefficient (Wildman–Crippen LogP) is 2.15. The van der Waals surface area contributed by atoms with Gasteiger partial charge in [-0.3, -0.25) is 0 Å². The summed E-state index contributed by atoms with van der Waals surface area (Å²) in [6.07, 6.45) is 0. The lowest BCUT2D eigenvalue weighted by atomic mass is 10.2. The van der Waals surface area contributed by atoms with E-state index in [-0.39, 0.29) is 5.17 Å². The topological polar surface area (TPSA) is 38.7 Å². The smallest absolute Gasteiger partial charge is 0.317 e. The molecule has 0 atom stereocenters. The second-order valence-electron chi connectivity index (χ2n) is 2.33. The molecule has 0 aliphatic carbocycles. The number of carbonyl (C=O) groups excluding carboxylic acids is 1. The summed E-state index contributed by atoms with van der Waals surface area (Å²) >= 11 is 5.72. The molecular weight excluding hydrogens is 190 g/mol. The summed E-state index contributed by atoms with van der Waals surface area (Å²) in [5.74, 6) is -0.492. The lowest BCUT2D eigenvalue weighted by Crippen LogP contribution is -1.96. The van der Waals surface area contributed by atoms with Crippen LogP contribution in [0.2, 0.25) is 0 Å².